The predicted molar refractivity (Wildman–Crippen MR) is 70.0 cm³/mol. The molecule has 1 aliphatic rings. The second kappa shape index (κ2) is 4.58. The Morgan fingerprint density at radius 2 is 1.81 bits per heavy atom. The largest absolute Gasteiger partial charge is 0.312 e. The number of hydrogen-bond acceptors (Lipinski definition) is 1. The smallest absolute Gasteiger partial charge is 0.0211 e. The van der Waals surface area contributed by atoms with Crippen LogP contribution in [0.1, 0.15) is 61.8 Å². The van der Waals surface area contributed by atoms with Gasteiger partial charge in [-0.05, 0) is 47.1 Å². The zero-order chi connectivity index (χ0) is 11.7. The lowest BCUT2D eigenvalue weighted by Gasteiger charge is -2.26. The molecule has 0 aliphatic carbocycles. The van der Waals surface area contributed by atoms with Crippen LogP contribution in [0.5, 0.6) is 0 Å². The second-order valence-electron chi connectivity index (χ2n) is 5.44. The minimum Gasteiger partial charge on any atom is -0.312 e. The average molecular weight is 217 g/mol. The summed E-state index contributed by atoms with van der Waals surface area (Å²) in [5.41, 5.74) is 6.27. The third-order valence-corrected chi connectivity index (χ3v) is 3.56. The molecule has 0 radical (unpaired) electrons. The van der Waals surface area contributed by atoms with Crippen LogP contribution in [0.2, 0.25) is 0 Å². The standard InChI is InChI=1S/C15H23N/c1-10(2)13-6-5-12-7-8-16-9-14(12)15(13)11(3)4/h5-6,10-11,16H,7-9H2,1-4H3. The molecule has 0 atom stereocenters. The fraction of sp³-hybridized carbons (Fsp3) is 0.600. The van der Waals surface area contributed by atoms with Gasteiger partial charge in [-0.1, -0.05) is 39.8 Å². The molecule has 1 heterocycles. The van der Waals surface area contributed by atoms with Crippen molar-refractivity contribution in [1.29, 1.82) is 0 Å². The maximum Gasteiger partial charge on any atom is 0.0211 e. The van der Waals surface area contributed by atoms with Crippen LogP contribution in [0.15, 0.2) is 12.1 Å². The maximum atomic E-state index is 3.50. The summed E-state index contributed by atoms with van der Waals surface area (Å²) < 4.78 is 0. The minimum atomic E-state index is 0.629. The van der Waals surface area contributed by atoms with Crippen LogP contribution >= 0.6 is 0 Å². The first-order chi connectivity index (χ1) is 7.61. The molecule has 0 spiro atoms. The van der Waals surface area contributed by atoms with Crippen LogP contribution in [0.3, 0.4) is 0 Å². The average Bonchev–Trinajstić information content (AvgIpc) is 2.27. The molecule has 0 aromatic heterocycles. The lowest BCUT2D eigenvalue weighted by atomic mass is 9.83. The molecule has 0 saturated heterocycles. The van der Waals surface area contributed by atoms with E-state index in [1.54, 1.807) is 16.7 Å². The van der Waals surface area contributed by atoms with Crippen molar-refractivity contribution in [2.24, 2.45) is 0 Å². The summed E-state index contributed by atoms with van der Waals surface area (Å²) in [5.74, 6) is 1.26. The summed E-state index contributed by atoms with van der Waals surface area (Å²) in [4.78, 5) is 0. The van der Waals surface area contributed by atoms with E-state index in [-0.39, 0.29) is 0 Å². The molecule has 1 heteroatoms. The first-order valence-corrected chi connectivity index (χ1v) is 6.46. The van der Waals surface area contributed by atoms with Gasteiger partial charge in [-0.3, -0.25) is 0 Å². The fourth-order valence-electron chi connectivity index (χ4n) is 2.79. The van der Waals surface area contributed by atoms with Gasteiger partial charge in [-0.25, -0.2) is 0 Å². The highest BCUT2D eigenvalue weighted by Gasteiger charge is 2.19. The van der Waals surface area contributed by atoms with E-state index in [1.165, 1.54) is 12.0 Å². The number of nitrogens with one attached hydrogen (secondary N) is 1. The minimum absolute atomic E-state index is 0.629. The van der Waals surface area contributed by atoms with Gasteiger partial charge >= 0.3 is 0 Å². The van der Waals surface area contributed by atoms with Crippen LogP contribution in [0, 0.1) is 0 Å². The van der Waals surface area contributed by atoms with E-state index < -0.39 is 0 Å². The van der Waals surface area contributed by atoms with E-state index in [0.717, 1.165) is 13.1 Å². The van der Waals surface area contributed by atoms with Crippen LogP contribution in [0.4, 0.5) is 0 Å². The highest BCUT2D eigenvalue weighted by atomic mass is 14.9. The molecule has 1 nitrogen and oxygen atoms in total. The summed E-state index contributed by atoms with van der Waals surface area (Å²) in [6.45, 7) is 11.4. The Morgan fingerprint density at radius 3 is 2.44 bits per heavy atom. The highest BCUT2D eigenvalue weighted by Crippen LogP contribution is 2.32. The van der Waals surface area contributed by atoms with Gasteiger partial charge in [0.15, 0.2) is 0 Å². The molecule has 0 saturated carbocycles. The fourth-order valence-corrected chi connectivity index (χ4v) is 2.79. The van der Waals surface area contributed by atoms with E-state index in [4.69, 9.17) is 0 Å². The van der Waals surface area contributed by atoms with Gasteiger partial charge in [0.05, 0.1) is 0 Å². The molecule has 0 unspecified atom stereocenters. The van der Waals surface area contributed by atoms with Gasteiger partial charge in [-0.2, -0.15) is 0 Å². The molecule has 88 valence electrons. The lowest BCUT2D eigenvalue weighted by Crippen LogP contribution is -2.25. The lowest BCUT2D eigenvalue weighted by molar-refractivity contribution is 0.626. The summed E-state index contributed by atoms with van der Waals surface area (Å²) in [6.07, 6.45) is 1.19. The number of benzene rings is 1. The van der Waals surface area contributed by atoms with Crippen molar-refractivity contribution in [3.63, 3.8) is 0 Å². The summed E-state index contributed by atoms with van der Waals surface area (Å²) in [6, 6.07) is 4.70. The summed E-state index contributed by atoms with van der Waals surface area (Å²) in [5, 5.41) is 3.50. The van der Waals surface area contributed by atoms with E-state index >= 15 is 0 Å². The van der Waals surface area contributed by atoms with Crippen LogP contribution in [-0.2, 0) is 13.0 Å². The molecule has 0 fully saturated rings. The first kappa shape index (κ1) is 11.7. The van der Waals surface area contributed by atoms with Gasteiger partial charge in [0.2, 0.25) is 0 Å². The molecule has 1 aromatic carbocycles. The molecule has 1 aliphatic heterocycles. The summed E-state index contributed by atoms with van der Waals surface area (Å²) >= 11 is 0. The zero-order valence-electron chi connectivity index (χ0n) is 10.9. The van der Waals surface area contributed by atoms with Gasteiger partial charge in [0, 0.05) is 6.54 Å². The van der Waals surface area contributed by atoms with Gasteiger partial charge < -0.3 is 5.32 Å². The molecular formula is C15H23N. The van der Waals surface area contributed by atoms with Gasteiger partial charge in [0.1, 0.15) is 0 Å². The quantitative estimate of drug-likeness (QED) is 0.798. The second-order valence-corrected chi connectivity index (χ2v) is 5.44. The third-order valence-electron chi connectivity index (χ3n) is 3.56. The van der Waals surface area contributed by atoms with E-state index in [0.29, 0.717) is 11.8 Å². The Balaban J connectivity index is 2.57. The first-order valence-electron chi connectivity index (χ1n) is 6.46. The monoisotopic (exact) mass is 217 g/mol. The van der Waals surface area contributed by atoms with Crippen LogP contribution in [0.25, 0.3) is 0 Å². The Morgan fingerprint density at radius 1 is 1.06 bits per heavy atom. The summed E-state index contributed by atoms with van der Waals surface area (Å²) in [7, 11) is 0. The van der Waals surface area contributed by atoms with Crippen LogP contribution in [-0.4, -0.2) is 6.54 Å². The molecule has 0 bridgehead atoms. The van der Waals surface area contributed by atoms with Crippen molar-refractivity contribution in [3.05, 3.63) is 34.4 Å². The van der Waals surface area contributed by atoms with Crippen molar-refractivity contribution >= 4 is 0 Å². The molecular weight excluding hydrogens is 194 g/mol. The molecule has 1 N–H and O–H groups in total. The van der Waals surface area contributed by atoms with Crippen molar-refractivity contribution in [2.75, 3.05) is 6.54 Å². The molecule has 16 heavy (non-hydrogen) atoms. The predicted octanol–water partition coefficient (Wildman–Crippen LogP) is 3.58. The van der Waals surface area contributed by atoms with Crippen molar-refractivity contribution < 1.29 is 0 Å². The number of rotatable bonds is 2. The SMILES string of the molecule is CC(C)c1ccc2c(c1C(C)C)CNCC2. The van der Waals surface area contributed by atoms with Crippen molar-refractivity contribution in [1.82, 2.24) is 5.32 Å². The van der Waals surface area contributed by atoms with Crippen molar-refractivity contribution in [3.8, 4) is 0 Å². The number of fused-ring (bicyclic) bond motifs is 1. The Bertz CT molecular complexity index is 377. The maximum absolute atomic E-state index is 3.50. The Labute approximate surface area is 99.3 Å². The highest BCUT2D eigenvalue weighted by molar-refractivity contribution is 5.45. The molecule has 0 amide bonds. The third kappa shape index (κ3) is 2.01. The number of hydrogen-bond donors (Lipinski definition) is 1. The van der Waals surface area contributed by atoms with E-state index in [1.807, 2.05) is 0 Å². The van der Waals surface area contributed by atoms with Gasteiger partial charge in [-0.15, -0.1) is 0 Å². The van der Waals surface area contributed by atoms with Crippen molar-refractivity contribution in [2.45, 2.75) is 52.5 Å². The van der Waals surface area contributed by atoms with Gasteiger partial charge in [0.25, 0.3) is 0 Å². The zero-order valence-corrected chi connectivity index (χ0v) is 10.9. The van der Waals surface area contributed by atoms with E-state index in [9.17, 15) is 0 Å². The molecule has 2 rings (SSSR count). The topological polar surface area (TPSA) is 12.0 Å². The Kier molecular flexibility index (Phi) is 3.34. The van der Waals surface area contributed by atoms with E-state index in [2.05, 4.69) is 45.1 Å². The normalized spacial score (nSPS) is 15.6. The Hall–Kier alpha value is -0.820. The molecule has 1 aromatic rings. The van der Waals surface area contributed by atoms with Crippen LogP contribution < -0.4 is 5.32 Å².